The summed E-state index contributed by atoms with van der Waals surface area (Å²) in [5, 5.41) is 8.92. The second-order valence-electron chi connectivity index (χ2n) is 3.67. The molecule has 0 bridgehead atoms. The molecule has 0 aromatic carbocycles. The molecule has 0 spiro atoms. The van der Waals surface area contributed by atoms with E-state index in [9.17, 15) is 8.78 Å². The molecule has 7 nitrogen and oxygen atoms in total. The number of hydrogen-bond donors (Lipinski definition) is 3. The Morgan fingerprint density at radius 3 is 2.79 bits per heavy atom. The maximum absolute atomic E-state index is 12.5. The number of nitrogens with two attached hydrogens (primary N) is 1. The van der Waals surface area contributed by atoms with Gasteiger partial charge in [0.25, 0.3) is 6.43 Å². The van der Waals surface area contributed by atoms with Gasteiger partial charge >= 0.3 is 0 Å². The second-order valence-corrected chi connectivity index (χ2v) is 3.67. The molecule has 19 heavy (non-hydrogen) atoms. The Labute approximate surface area is 109 Å². The van der Waals surface area contributed by atoms with E-state index in [-0.39, 0.29) is 31.4 Å². The number of nitrogen functional groups attached to an aromatic ring is 1. The number of methoxy groups -OCH3 is 1. The minimum atomic E-state index is -2.54. The van der Waals surface area contributed by atoms with Crippen molar-refractivity contribution in [1.29, 1.82) is 0 Å². The highest BCUT2D eigenvalue weighted by molar-refractivity contribution is 5.49. The van der Waals surface area contributed by atoms with Gasteiger partial charge in [-0.05, 0) is 0 Å². The Kier molecular flexibility index (Phi) is 6.33. The van der Waals surface area contributed by atoms with Crippen molar-refractivity contribution in [1.82, 2.24) is 9.97 Å². The molecule has 1 heterocycles. The van der Waals surface area contributed by atoms with Gasteiger partial charge in [0.2, 0.25) is 0 Å². The standard InChI is InChI=1S/C10H17F2N5O2/c1-19-6-9-14-8(16-13)4-10(15-9)17(2-3-18)5-7(11)12/h4,7,18H,2-3,5-6,13H2,1H3,(H,14,15,16). The average molecular weight is 277 g/mol. The van der Waals surface area contributed by atoms with Gasteiger partial charge in [0.1, 0.15) is 18.2 Å². The highest BCUT2D eigenvalue weighted by atomic mass is 19.3. The SMILES string of the molecule is COCc1nc(NN)cc(N(CCO)CC(F)F)n1. The van der Waals surface area contributed by atoms with Crippen LogP contribution in [0.2, 0.25) is 0 Å². The maximum atomic E-state index is 12.5. The Hall–Kier alpha value is -1.58. The van der Waals surface area contributed by atoms with E-state index in [1.54, 1.807) is 0 Å². The number of hydrogen-bond acceptors (Lipinski definition) is 7. The summed E-state index contributed by atoms with van der Waals surface area (Å²) in [6.07, 6.45) is -2.54. The van der Waals surface area contributed by atoms with E-state index >= 15 is 0 Å². The van der Waals surface area contributed by atoms with Crippen LogP contribution >= 0.6 is 0 Å². The number of aromatic nitrogens is 2. The second kappa shape index (κ2) is 7.77. The summed E-state index contributed by atoms with van der Waals surface area (Å²) in [5.41, 5.74) is 2.33. The largest absolute Gasteiger partial charge is 0.395 e. The Balaban J connectivity index is 3.02. The number of aliphatic hydroxyl groups is 1. The molecule has 1 rings (SSSR count). The molecule has 0 saturated heterocycles. The fourth-order valence-corrected chi connectivity index (χ4v) is 1.50. The van der Waals surface area contributed by atoms with Crippen molar-refractivity contribution in [3.8, 4) is 0 Å². The van der Waals surface area contributed by atoms with Crippen molar-refractivity contribution in [3.63, 3.8) is 0 Å². The molecular weight excluding hydrogens is 260 g/mol. The van der Waals surface area contributed by atoms with E-state index in [0.717, 1.165) is 0 Å². The zero-order chi connectivity index (χ0) is 14.3. The van der Waals surface area contributed by atoms with Gasteiger partial charge in [0.05, 0.1) is 13.2 Å². The van der Waals surface area contributed by atoms with Crippen LogP contribution in [0.15, 0.2) is 6.07 Å². The zero-order valence-corrected chi connectivity index (χ0v) is 10.5. The number of nitrogens with one attached hydrogen (secondary N) is 1. The predicted octanol–water partition coefficient (Wildman–Crippen LogP) is -0.0276. The number of hydrazine groups is 1. The minimum Gasteiger partial charge on any atom is -0.395 e. The van der Waals surface area contributed by atoms with Crippen LogP contribution in [0, 0.1) is 0 Å². The number of nitrogens with zero attached hydrogens (tertiary/aromatic N) is 3. The lowest BCUT2D eigenvalue weighted by atomic mass is 10.4. The summed E-state index contributed by atoms with van der Waals surface area (Å²) in [6, 6.07) is 1.43. The first-order valence-corrected chi connectivity index (χ1v) is 5.58. The summed E-state index contributed by atoms with van der Waals surface area (Å²) < 4.78 is 29.9. The van der Waals surface area contributed by atoms with Crippen molar-refractivity contribution >= 4 is 11.6 Å². The lowest BCUT2D eigenvalue weighted by molar-refractivity contribution is 0.152. The predicted molar refractivity (Wildman–Crippen MR) is 65.9 cm³/mol. The molecule has 0 radical (unpaired) electrons. The Morgan fingerprint density at radius 1 is 1.53 bits per heavy atom. The molecule has 9 heteroatoms. The lowest BCUT2D eigenvalue weighted by Crippen LogP contribution is -2.32. The quantitative estimate of drug-likeness (QED) is 0.453. The third-order valence-corrected chi connectivity index (χ3v) is 2.23. The molecule has 1 aromatic heterocycles. The van der Waals surface area contributed by atoms with Crippen LogP contribution in [0.4, 0.5) is 20.4 Å². The first kappa shape index (κ1) is 15.5. The van der Waals surface area contributed by atoms with Gasteiger partial charge < -0.3 is 20.2 Å². The van der Waals surface area contributed by atoms with Gasteiger partial charge in [0, 0.05) is 19.7 Å². The van der Waals surface area contributed by atoms with Crippen LogP contribution < -0.4 is 16.2 Å². The van der Waals surface area contributed by atoms with Crippen molar-refractivity contribution in [2.24, 2.45) is 5.84 Å². The number of ether oxygens (including phenoxy) is 1. The molecule has 0 aliphatic carbocycles. The van der Waals surface area contributed by atoms with Gasteiger partial charge in [-0.2, -0.15) is 0 Å². The van der Waals surface area contributed by atoms with E-state index in [0.29, 0.717) is 5.82 Å². The molecule has 0 atom stereocenters. The first-order chi connectivity index (χ1) is 9.10. The van der Waals surface area contributed by atoms with Gasteiger partial charge in [-0.15, -0.1) is 0 Å². The number of rotatable bonds is 8. The molecule has 1 aromatic rings. The van der Waals surface area contributed by atoms with Crippen LogP contribution in [-0.2, 0) is 11.3 Å². The number of anilines is 2. The van der Waals surface area contributed by atoms with Crippen LogP contribution in [0.3, 0.4) is 0 Å². The van der Waals surface area contributed by atoms with Crippen LogP contribution in [-0.4, -0.2) is 48.3 Å². The normalized spacial score (nSPS) is 10.8. The summed E-state index contributed by atoms with van der Waals surface area (Å²) in [7, 11) is 1.47. The molecule has 0 fully saturated rings. The smallest absolute Gasteiger partial charge is 0.255 e. The molecule has 0 saturated carbocycles. The van der Waals surface area contributed by atoms with E-state index in [2.05, 4.69) is 15.4 Å². The fourth-order valence-electron chi connectivity index (χ4n) is 1.50. The van der Waals surface area contributed by atoms with E-state index in [1.807, 2.05) is 0 Å². The summed E-state index contributed by atoms with van der Waals surface area (Å²) >= 11 is 0. The van der Waals surface area contributed by atoms with E-state index < -0.39 is 13.0 Å². The van der Waals surface area contributed by atoms with E-state index in [1.165, 1.54) is 18.1 Å². The molecule has 0 unspecified atom stereocenters. The molecule has 0 amide bonds. The summed E-state index contributed by atoms with van der Waals surface area (Å²) in [6.45, 7) is -0.627. The topological polar surface area (TPSA) is 96.5 Å². The molecule has 0 aliphatic rings. The van der Waals surface area contributed by atoms with E-state index in [4.69, 9.17) is 15.7 Å². The van der Waals surface area contributed by atoms with Gasteiger partial charge in [-0.1, -0.05) is 0 Å². The third-order valence-electron chi connectivity index (χ3n) is 2.23. The summed E-state index contributed by atoms with van der Waals surface area (Å²) in [4.78, 5) is 9.36. The molecule has 0 aliphatic heterocycles. The Morgan fingerprint density at radius 2 is 2.26 bits per heavy atom. The maximum Gasteiger partial charge on any atom is 0.255 e. The van der Waals surface area contributed by atoms with Crippen LogP contribution in [0.1, 0.15) is 5.82 Å². The van der Waals surface area contributed by atoms with Gasteiger partial charge in [-0.3, -0.25) is 0 Å². The number of alkyl halides is 2. The third kappa shape index (κ3) is 4.89. The number of halogens is 2. The van der Waals surface area contributed by atoms with Crippen molar-refractivity contribution < 1.29 is 18.6 Å². The zero-order valence-electron chi connectivity index (χ0n) is 10.5. The highest BCUT2D eigenvalue weighted by Gasteiger charge is 2.15. The van der Waals surface area contributed by atoms with Gasteiger partial charge in [-0.25, -0.2) is 24.6 Å². The van der Waals surface area contributed by atoms with Crippen molar-refractivity contribution in [2.75, 3.05) is 37.1 Å². The molecule has 4 N–H and O–H groups in total. The van der Waals surface area contributed by atoms with Crippen molar-refractivity contribution in [3.05, 3.63) is 11.9 Å². The summed E-state index contributed by atoms with van der Waals surface area (Å²) in [5.74, 6) is 6.11. The first-order valence-electron chi connectivity index (χ1n) is 5.58. The fraction of sp³-hybridized carbons (Fsp3) is 0.600. The van der Waals surface area contributed by atoms with Crippen LogP contribution in [0.25, 0.3) is 0 Å². The van der Waals surface area contributed by atoms with Gasteiger partial charge in [0.15, 0.2) is 5.82 Å². The highest BCUT2D eigenvalue weighted by Crippen LogP contribution is 2.17. The molecule has 108 valence electrons. The van der Waals surface area contributed by atoms with Crippen molar-refractivity contribution in [2.45, 2.75) is 13.0 Å². The van der Waals surface area contributed by atoms with Crippen LogP contribution in [0.5, 0.6) is 0 Å². The molecular formula is C10H17F2N5O2. The lowest BCUT2D eigenvalue weighted by Gasteiger charge is -2.23. The monoisotopic (exact) mass is 277 g/mol. The minimum absolute atomic E-state index is 0.0395. The Bertz CT molecular complexity index is 394. The number of aliphatic hydroxyl groups excluding tert-OH is 1. The average Bonchev–Trinajstić information content (AvgIpc) is 2.37.